The minimum absolute atomic E-state index is 0.00499. The fourth-order valence-corrected chi connectivity index (χ4v) is 7.41. The summed E-state index contributed by atoms with van der Waals surface area (Å²) >= 11 is 0. The molecule has 0 saturated carbocycles. The van der Waals surface area contributed by atoms with Crippen LogP contribution in [0.3, 0.4) is 0 Å². The van der Waals surface area contributed by atoms with Crippen LogP contribution in [0.5, 0.6) is 0 Å². The molecule has 0 atom stereocenters. The van der Waals surface area contributed by atoms with E-state index >= 15 is 0 Å². The first-order valence-electron chi connectivity index (χ1n) is 17.1. The molecule has 0 amide bonds. The predicted octanol–water partition coefficient (Wildman–Crippen LogP) is 12.6. The van der Waals surface area contributed by atoms with E-state index in [0.29, 0.717) is 11.3 Å². The number of fused-ring (bicyclic) bond motifs is 6. The zero-order valence-corrected chi connectivity index (χ0v) is 29.3. The Labute approximate surface area is 293 Å². The van der Waals surface area contributed by atoms with Crippen LogP contribution >= 0.6 is 0 Å². The lowest BCUT2D eigenvalue weighted by atomic mass is 9.86. The van der Waals surface area contributed by atoms with Crippen molar-refractivity contribution in [3.63, 3.8) is 0 Å². The highest BCUT2D eigenvalue weighted by molar-refractivity contribution is 6.10. The van der Waals surface area contributed by atoms with Crippen molar-refractivity contribution >= 4 is 49.3 Å². The number of benzene rings is 6. The van der Waals surface area contributed by atoms with Gasteiger partial charge in [-0.3, -0.25) is 0 Å². The zero-order valence-electron chi connectivity index (χ0n) is 29.3. The molecule has 0 spiro atoms. The van der Waals surface area contributed by atoms with E-state index in [4.69, 9.17) is 6.57 Å². The maximum atomic E-state index is 10.5. The topological polar surface area (TPSA) is 38.0 Å². The third-order valence-corrected chi connectivity index (χ3v) is 10.1. The highest BCUT2D eigenvalue weighted by Gasteiger charge is 2.21. The standard InChI is InChI=1S/C46H38N4/c1-45(2,3)30-16-20-38-36-12-8-10-14-41(36)49(43(38)25-30)32-18-22-34(29(24-32)28-47)35-23-19-33(27-40(35)48-7)50-42-15-11-9-13-37(42)39-21-17-31(26-44(39)50)46(4,5)6/h8-27H,1-6H3. The Morgan fingerprint density at radius 1 is 0.520 bits per heavy atom. The molecule has 0 aliphatic rings. The lowest BCUT2D eigenvalue weighted by Gasteiger charge is -2.20. The fourth-order valence-electron chi connectivity index (χ4n) is 7.41. The van der Waals surface area contributed by atoms with Crippen LogP contribution in [0.15, 0.2) is 121 Å². The zero-order chi connectivity index (χ0) is 34.9. The predicted molar refractivity (Wildman–Crippen MR) is 209 cm³/mol. The van der Waals surface area contributed by atoms with Crippen LogP contribution < -0.4 is 0 Å². The van der Waals surface area contributed by atoms with Gasteiger partial charge in [0.25, 0.3) is 0 Å². The van der Waals surface area contributed by atoms with Crippen molar-refractivity contribution in [3.8, 4) is 28.6 Å². The molecule has 0 fully saturated rings. The molecule has 4 heteroatoms. The summed E-state index contributed by atoms with van der Waals surface area (Å²) in [5.41, 5.74) is 11.3. The molecule has 0 N–H and O–H groups in total. The summed E-state index contributed by atoms with van der Waals surface area (Å²) in [6, 6.07) is 44.9. The number of nitrogens with zero attached hydrogens (tertiary/aromatic N) is 4. The van der Waals surface area contributed by atoms with Gasteiger partial charge in [0, 0.05) is 32.9 Å². The Morgan fingerprint density at radius 2 is 0.980 bits per heavy atom. The third kappa shape index (κ3) is 4.88. The monoisotopic (exact) mass is 646 g/mol. The maximum Gasteiger partial charge on any atom is 0.197 e. The summed E-state index contributed by atoms with van der Waals surface area (Å²) in [6.45, 7) is 21.6. The summed E-state index contributed by atoms with van der Waals surface area (Å²) < 4.78 is 4.53. The van der Waals surface area contributed by atoms with E-state index < -0.39 is 0 Å². The van der Waals surface area contributed by atoms with Crippen LogP contribution in [-0.2, 0) is 10.8 Å². The van der Waals surface area contributed by atoms with Gasteiger partial charge in [0.2, 0.25) is 0 Å². The number of aromatic nitrogens is 2. The van der Waals surface area contributed by atoms with Crippen molar-refractivity contribution in [2.75, 3.05) is 0 Å². The molecule has 8 aromatic rings. The van der Waals surface area contributed by atoms with Gasteiger partial charge in [-0.1, -0.05) is 114 Å². The number of hydrogen-bond donors (Lipinski definition) is 0. The van der Waals surface area contributed by atoms with Gasteiger partial charge >= 0.3 is 0 Å². The van der Waals surface area contributed by atoms with Crippen LogP contribution in [0.25, 0.3) is 71.0 Å². The molecule has 0 aliphatic heterocycles. The van der Waals surface area contributed by atoms with E-state index in [-0.39, 0.29) is 10.8 Å². The van der Waals surface area contributed by atoms with E-state index in [1.54, 1.807) is 0 Å². The molecule has 242 valence electrons. The Bertz CT molecular complexity index is 2550. The van der Waals surface area contributed by atoms with E-state index in [1.165, 1.54) is 32.7 Å². The van der Waals surface area contributed by atoms with Crippen LogP contribution in [0.4, 0.5) is 5.69 Å². The molecule has 2 aromatic heterocycles. The number of para-hydroxylation sites is 2. The maximum absolute atomic E-state index is 10.5. The molecular weight excluding hydrogens is 609 g/mol. The first-order valence-corrected chi connectivity index (χ1v) is 17.1. The minimum atomic E-state index is -0.00637. The molecule has 8 rings (SSSR count). The third-order valence-electron chi connectivity index (χ3n) is 10.1. The highest BCUT2D eigenvalue weighted by atomic mass is 15.0. The molecule has 0 radical (unpaired) electrons. The Hall–Kier alpha value is -6.10. The average molecular weight is 647 g/mol. The summed E-state index contributed by atoms with van der Waals surface area (Å²) in [5, 5.41) is 15.3. The van der Waals surface area contributed by atoms with Gasteiger partial charge in [-0.15, -0.1) is 0 Å². The smallest absolute Gasteiger partial charge is 0.197 e. The molecule has 0 bridgehead atoms. The number of nitriles is 1. The van der Waals surface area contributed by atoms with Gasteiger partial charge in [0.05, 0.1) is 40.3 Å². The van der Waals surface area contributed by atoms with Gasteiger partial charge in [-0.05, 0) is 81.6 Å². The second-order valence-corrected chi connectivity index (χ2v) is 15.3. The first-order chi connectivity index (χ1) is 24.0. The fraction of sp³-hybridized carbons (Fsp3) is 0.174. The molecule has 0 unspecified atom stereocenters. The molecule has 0 aliphatic carbocycles. The number of hydrogen-bond acceptors (Lipinski definition) is 1. The van der Waals surface area contributed by atoms with Crippen molar-refractivity contribution in [3.05, 3.63) is 149 Å². The summed E-state index contributed by atoms with van der Waals surface area (Å²) in [5.74, 6) is 0. The molecule has 6 aromatic carbocycles. The van der Waals surface area contributed by atoms with Gasteiger partial charge in [0.15, 0.2) is 5.69 Å². The Balaban J connectivity index is 1.29. The molecule has 4 nitrogen and oxygen atoms in total. The van der Waals surface area contributed by atoms with E-state index in [2.05, 4.69) is 159 Å². The normalized spacial score (nSPS) is 12.2. The number of rotatable bonds is 3. The Kier molecular flexibility index (Phi) is 7.00. The first kappa shape index (κ1) is 31.2. The van der Waals surface area contributed by atoms with E-state index in [9.17, 15) is 5.26 Å². The molecule has 2 heterocycles. The molecule has 0 saturated heterocycles. The summed E-state index contributed by atoms with van der Waals surface area (Å²) in [4.78, 5) is 4.02. The van der Waals surface area contributed by atoms with Crippen molar-refractivity contribution in [2.24, 2.45) is 0 Å². The van der Waals surface area contributed by atoms with Crippen LogP contribution in [0, 0.1) is 17.9 Å². The van der Waals surface area contributed by atoms with Crippen molar-refractivity contribution in [2.45, 2.75) is 52.4 Å². The highest BCUT2D eigenvalue weighted by Crippen LogP contribution is 2.41. The summed E-state index contributed by atoms with van der Waals surface area (Å²) in [7, 11) is 0. The largest absolute Gasteiger partial charge is 0.311 e. The lowest BCUT2D eigenvalue weighted by molar-refractivity contribution is 0.590. The lowest BCUT2D eigenvalue weighted by Crippen LogP contribution is -2.10. The van der Waals surface area contributed by atoms with Gasteiger partial charge < -0.3 is 9.13 Å². The van der Waals surface area contributed by atoms with Gasteiger partial charge in [-0.2, -0.15) is 5.26 Å². The van der Waals surface area contributed by atoms with Gasteiger partial charge in [-0.25, -0.2) is 4.85 Å². The second-order valence-electron chi connectivity index (χ2n) is 15.3. The van der Waals surface area contributed by atoms with Crippen molar-refractivity contribution < 1.29 is 0 Å². The Morgan fingerprint density at radius 3 is 1.46 bits per heavy atom. The van der Waals surface area contributed by atoms with Crippen LogP contribution in [-0.4, -0.2) is 9.13 Å². The van der Waals surface area contributed by atoms with Crippen molar-refractivity contribution in [1.29, 1.82) is 5.26 Å². The van der Waals surface area contributed by atoms with E-state index in [1.807, 2.05) is 24.3 Å². The SMILES string of the molecule is [C-]#[N+]c1cc(-n2c3ccccc3c3ccc(C(C)(C)C)cc32)ccc1-c1ccc(-n2c3ccccc3c3ccc(C(C)(C)C)cc32)cc1C#N. The van der Waals surface area contributed by atoms with Crippen LogP contribution in [0.2, 0.25) is 0 Å². The van der Waals surface area contributed by atoms with E-state index in [0.717, 1.165) is 44.6 Å². The van der Waals surface area contributed by atoms with Crippen molar-refractivity contribution in [1.82, 2.24) is 9.13 Å². The molecular formula is C46H38N4. The quantitative estimate of drug-likeness (QED) is 0.176. The second kappa shape index (κ2) is 11.2. The van der Waals surface area contributed by atoms with Gasteiger partial charge in [0.1, 0.15) is 0 Å². The van der Waals surface area contributed by atoms with Crippen LogP contribution in [0.1, 0.15) is 58.2 Å². The minimum Gasteiger partial charge on any atom is -0.311 e. The summed E-state index contributed by atoms with van der Waals surface area (Å²) in [6.07, 6.45) is 0. The average Bonchev–Trinajstić information content (AvgIpc) is 3.62. The molecule has 50 heavy (non-hydrogen) atoms.